The van der Waals surface area contributed by atoms with Crippen LogP contribution in [0.15, 0.2) is 30.3 Å². The highest BCUT2D eigenvalue weighted by atomic mass is 16.5. The first kappa shape index (κ1) is 14.4. The minimum Gasteiger partial charge on any atom is -0.465 e. The SMILES string of the molecule is CCOC(=O)C(Cc1ccccc1)C(=O)C(C)C. The molecule has 98 valence electrons. The van der Waals surface area contributed by atoms with E-state index in [4.69, 9.17) is 4.74 Å². The van der Waals surface area contributed by atoms with E-state index in [0.29, 0.717) is 13.0 Å². The Morgan fingerprint density at radius 3 is 2.28 bits per heavy atom. The Kier molecular flexibility index (Phi) is 5.56. The van der Waals surface area contributed by atoms with Crippen molar-refractivity contribution in [2.45, 2.75) is 27.2 Å². The van der Waals surface area contributed by atoms with Crippen molar-refractivity contribution >= 4 is 11.8 Å². The number of esters is 1. The van der Waals surface area contributed by atoms with Crippen molar-refractivity contribution in [2.75, 3.05) is 6.61 Å². The Morgan fingerprint density at radius 1 is 1.17 bits per heavy atom. The Balaban J connectivity index is 2.84. The number of carbonyl (C=O) groups is 2. The van der Waals surface area contributed by atoms with E-state index in [-0.39, 0.29) is 11.7 Å². The minimum atomic E-state index is -0.688. The van der Waals surface area contributed by atoms with Crippen LogP contribution in [0.5, 0.6) is 0 Å². The van der Waals surface area contributed by atoms with Crippen molar-refractivity contribution in [3.05, 3.63) is 35.9 Å². The van der Waals surface area contributed by atoms with Crippen LogP contribution in [0, 0.1) is 11.8 Å². The molecular formula is C15H20O3. The molecule has 0 N–H and O–H groups in total. The van der Waals surface area contributed by atoms with E-state index < -0.39 is 11.9 Å². The van der Waals surface area contributed by atoms with Gasteiger partial charge in [-0.1, -0.05) is 44.2 Å². The van der Waals surface area contributed by atoms with E-state index in [2.05, 4.69) is 0 Å². The molecule has 0 radical (unpaired) electrons. The van der Waals surface area contributed by atoms with Crippen molar-refractivity contribution in [1.82, 2.24) is 0 Å². The van der Waals surface area contributed by atoms with Crippen LogP contribution >= 0.6 is 0 Å². The molecule has 1 rings (SSSR count). The molecule has 0 spiro atoms. The molecule has 0 bridgehead atoms. The molecule has 0 fully saturated rings. The van der Waals surface area contributed by atoms with Gasteiger partial charge < -0.3 is 4.74 Å². The van der Waals surface area contributed by atoms with Crippen LogP contribution in [-0.2, 0) is 20.7 Å². The second-order valence-electron chi connectivity index (χ2n) is 4.55. The second-order valence-corrected chi connectivity index (χ2v) is 4.55. The number of benzene rings is 1. The van der Waals surface area contributed by atoms with E-state index in [1.807, 2.05) is 30.3 Å². The predicted molar refractivity (Wildman–Crippen MR) is 70.1 cm³/mol. The van der Waals surface area contributed by atoms with Gasteiger partial charge in [-0.15, -0.1) is 0 Å². The first-order chi connectivity index (χ1) is 8.56. The average molecular weight is 248 g/mol. The molecule has 3 heteroatoms. The number of hydrogen-bond donors (Lipinski definition) is 0. The molecule has 1 atom stereocenters. The fourth-order valence-corrected chi connectivity index (χ4v) is 1.80. The maximum absolute atomic E-state index is 12.1. The highest BCUT2D eigenvalue weighted by Gasteiger charge is 2.29. The molecule has 0 saturated carbocycles. The van der Waals surface area contributed by atoms with Gasteiger partial charge in [0.15, 0.2) is 0 Å². The van der Waals surface area contributed by atoms with Crippen LogP contribution < -0.4 is 0 Å². The summed E-state index contributed by atoms with van der Waals surface area (Å²) in [6.45, 7) is 5.66. The molecule has 1 aromatic rings. The fourth-order valence-electron chi connectivity index (χ4n) is 1.80. The minimum absolute atomic E-state index is 0.0581. The van der Waals surface area contributed by atoms with Crippen LogP contribution in [0.25, 0.3) is 0 Å². The third-order valence-corrected chi connectivity index (χ3v) is 2.77. The van der Waals surface area contributed by atoms with E-state index >= 15 is 0 Å². The summed E-state index contributed by atoms with van der Waals surface area (Å²) in [5.74, 6) is -1.33. The molecule has 0 saturated heterocycles. The van der Waals surface area contributed by atoms with Crippen molar-refractivity contribution in [3.8, 4) is 0 Å². The summed E-state index contributed by atoms with van der Waals surface area (Å²) in [5.41, 5.74) is 0.976. The van der Waals surface area contributed by atoms with E-state index in [1.54, 1.807) is 20.8 Å². The Labute approximate surface area is 108 Å². The Bertz CT molecular complexity index is 395. The number of rotatable bonds is 6. The van der Waals surface area contributed by atoms with E-state index in [9.17, 15) is 9.59 Å². The van der Waals surface area contributed by atoms with Gasteiger partial charge >= 0.3 is 5.97 Å². The van der Waals surface area contributed by atoms with Gasteiger partial charge in [0.25, 0.3) is 0 Å². The van der Waals surface area contributed by atoms with Crippen molar-refractivity contribution in [1.29, 1.82) is 0 Å². The lowest BCUT2D eigenvalue weighted by Gasteiger charge is -2.16. The smallest absolute Gasteiger partial charge is 0.316 e. The maximum Gasteiger partial charge on any atom is 0.316 e. The number of Topliss-reactive ketones (excluding diaryl/α,β-unsaturated/α-hetero) is 1. The third-order valence-electron chi connectivity index (χ3n) is 2.77. The van der Waals surface area contributed by atoms with Gasteiger partial charge in [-0.25, -0.2) is 0 Å². The molecule has 0 heterocycles. The zero-order valence-corrected chi connectivity index (χ0v) is 11.2. The monoisotopic (exact) mass is 248 g/mol. The largest absolute Gasteiger partial charge is 0.465 e. The van der Waals surface area contributed by atoms with Crippen LogP contribution in [0.4, 0.5) is 0 Å². The van der Waals surface area contributed by atoms with Crippen LogP contribution in [0.1, 0.15) is 26.3 Å². The summed E-state index contributed by atoms with van der Waals surface area (Å²) in [7, 11) is 0. The van der Waals surface area contributed by atoms with Crippen LogP contribution in [-0.4, -0.2) is 18.4 Å². The Hall–Kier alpha value is -1.64. The predicted octanol–water partition coefficient (Wildman–Crippen LogP) is 2.63. The van der Waals surface area contributed by atoms with E-state index in [0.717, 1.165) is 5.56 Å². The first-order valence-corrected chi connectivity index (χ1v) is 6.30. The molecule has 0 aromatic heterocycles. The first-order valence-electron chi connectivity index (χ1n) is 6.30. The lowest BCUT2D eigenvalue weighted by atomic mass is 9.89. The molecule has 0 aliphatic carbocycles. The van der Waals surface area contributed by atoms with Gasteiger partial charge in [-0.05, 0) is 18.9 Å². The molecule has 0 amide bonds. The van der Waals surface area contributed by atoms with Crippen LogP contribution in [0.3, 0.4) is 0 Å². The Morgan fingerprint density at radius 2 is 1.78 bits per heavy atom. The quantitative estimate of drug-likeness (QED) is 0.574. The van der Waals surface area contributed by atoms with Gasteiger partial charge in [0.05, 0.1) is 6.61 Å². The fraction of sp³-hybridized carbons (Fsp3) is 0.467. The topological polar surface area (TPSA) is 43.4 Å². The second kappa shape index (κ2) is 6.94. The van der Waals surface area contributed by atoms with Gasteiger partial charge in [0.1, 0.15) is 11.7 Å². The van der Waals surface area contributed by atoms with Crippen molar-refractivity contribution in [3.63, 3.8) is 0 Å². The number of carbonyl (C=O) groups excluding carboxylic acids is 2. The lowest BCUT2D eigenvalue weighted by Crippen LogP contribution is -2.31. The van der Waals surface area contributed by atoms with Crippen molar-refractivity contribution < 1.29 is 14.3 Å². The van der Waals surface area contributed by atoms with Gasteiger partial charge in [-0.3, -0.25) is 9.59 Å². The zero-order chi connectivity index (χ0) is 13.5. The molecular weight excluding hydrogens is 228 g/mol. The average Bonchev–Trinajstić information content (AvgIpc) is 2.36. The summed E-state index contributed by atoms with van der Waals surface area (Å²) >= 11 is 0. The highest BCUT2D eigenvalue weighted by molar-refractivity contribution is 6.00. The number of hydrogen-bond acceptors (Lipinski definition) is 3. The highest BCUT2D eigenvalue weighted by Crippen LogP contribution is 2.16. The molecule has 0 aliphatic heterocycles. The standard InChI is InChI=1S/C15H20O3/c1-4-18-15(17)13(14(16)11(2)3)10-12-8-6-5-7-9-12/h5-9,11,13H,4,10H2,1-3H3. The van der Waals surface area contributed by atoms with Gasteiger partial charge in [0.2, 0.25) is 0 Å². The maximum atomic E-state index is 12.1. The molecule has 1 unspecified atom stereocenters. The van der Waals surface area contributed by atoms with Gasteiger partial charge in [0, 0.05) is 5.92 Å². The number of ether oxygens (including phenoxy) is 1. The van der Waals surface area contributed by atoms with Crippen molar-refractivity contribution in [2.24, 2.45) is 11.8 Å². The van der Waals surface area contributed by atoms with E-state index in [1.165, 1.54) is 0 Å². The number of ketones is 1. The summed E-state index contributed by atoms with van der Waals surface area (Å²) in [5, 5.41) is 0. The van der Waals surface area contributed by atoms with Gasteiger partial charge in [-0.2, -0.15) is 0 Å². The summed E-state index contributed by atoms with van der Waals surface area (Å²) < 4.78 is 4.99. The molecule has 0 aliphatic rings. The molecule has 1 aromatic carbocycles. The summed E-state index contributed by atoms with van der Waals surface area (Å²) in [4.78, 5) is 23.9. The molecule has 3 nitrogen and oxygen atoms in total. The lowest BCUT2D eigenvalue weighted by molar-refractivity contribution is -0.152. The molecule has 18 heavy (non-hydrogen) atoms. The summed E-state index contributed by atoms with van der Waals surface area (Å²) in [6.07, 6.45) is 0.413. The summed E-state index contributed by atoms with van der Waals surface area (Å²) in [6, 6.07) is 9.54. The third kappa shape index (κ3) is 3.99. The zero-order valence-electron chi connectivity index (χ0n) is 11.2. The normalized spacial score (nSPS) is 12.2. The van der Waals surface area contributed by atoms with Crippen LogP contribution in [0.2, 0.25) is 0 Å².